The summed E-state index contributed by atoms with van der Waals surface area (Å²) in [5, 5.41) is 10.2. The summed E-state index contributed by atoms with van der Waals surface area (Å²) in [4.78, 5) is 12.2. The Morgan fingerprint density at radius 2 is 1.44 bits per heavy atom. The SMILES string of the molecule is NC1C(=O)c2ccccc2-c2ccccc2C1O. The van der Waals surface area contributed by atoms with Crippen LogP contribution in [0.2, 0.25) is 0 Å². The van der Waals surface area contributed by atoms with Gasteiger partial charge in [-0.15, -0.1) is 0 Å². The minimum absolute atomic E-state index is 0.214. The van der Waals surface area contributed by atoms with Gasteiger partial charge >= 0.3 is 0 Å². The van der Waals surface area contributed by atoms with Crippen molar-refractivity contribution in [3.8, 4) is 11.1 Å². The number of hydrogen-bond donors (Lipinski definition) is 2. The van der Waals surface area contributed by atoms with Gasteiger partial charge in [0.2, 0.25) is 0 Å². The van der Waals surface area contributed by atoms with Crippen LogP contribution in [0.25, 0.3) is 11.1 Å². The third-order valence-corrected chi connectivity index (χ3v) is 3.41. The maximum Gasteiger partial charge on any atom is 0.183 e. The maximum atomic E-state index is 12.2. The van der Waals surface area contributed by atoms with Crippen LogP contribution >= 0.6 is 0 Å². The van der Waals surface area contributed by atoms with Gasteiger partial charge in [0, 0.05) is 5.56 Å². The summed E-state index contributed by atoms with van der Waals surface area (Å²) in [5.74, 6) is -0.214. The zero-order valence-electron chi connectivity index (χ0n) is 9.71. The summed E-state index contributed by atoms with van der Waals surface area (Å²) < 4.78 is 0. The van der Waals surface area contributed by atoms with E-state index in [4.69, 9.17) is 5.73 Å². The van der Waals surface area contributed by atoms with Gasteiger partial charge in [-0.3, -0.25) is 4.79 Å². The van der Waals surface area contributed by atoms with Crippen LogP contribution in [-0.4, -0.2) is 16.9 Å². The average molecular weight is 239 g/mol. The highest BCUT2D eigenvalue weighted by Gasteiger charge is 2.32. The van der Waals surface area contributed by atoms with Crippen molar-refractivity contribution in [3.63, 3.8) is 0 Å². The molecule has 18 heavy (non-hydrogen) atoms. The van der Waals surface area contributed by atoms with Crippen molar-refractivity contribution in [2.75, 3.05) is 0 Å². The Morgan fingerprint density at radius 1 is 0.889 bits per heavy atom. The number of benzene rings is 2. The molecule has 0 fully saturated rings. The molecule has 2 aromatic rings. The first kappa shape index (κ1) is 11.1. The molecule has 90 valence electrons. The lowest BCUT2D eigenvalue weighted by molar-refractivity contribution is 0.0824. The fraction of sp³-hybridized carbons (Fsp3) is 0.133. The third kappa shape index (κ3) is 1.49. The molecule has 2 atom stereocenters. The number of ketones is 1. The van der Waals surface area contributed by atoms with Crippen molar-refractivity contribution in [2.24, 2.45) is 5.73 Å². The largest absolute Gasteiger partial charge is 0.386 e. The number of rotatable bonds is 0. The highest BCUT2D eigenvalue weighted by atomic mass is 16.3. The molecule has 0 saturated heterocycles. The predicted octanol–water partition coefficient (Wildman–Crippen LogP) is 1.91. The van der Waals surface area contributed by atoms with Gasteiger partial charge in [0.25, 0.3) is 0 Å². The van der Waals surface area contributed by atoms with Crippen molar-refractivity contribution in [1.29, 1.82) is 0 Å². The molecular weight excluding hydrogens is 226 g/mol. The van der Waals surface area contributed by atoms with Crippen LogP contribution in [0, 0.1) is 0 Å². The predicted molar refractivity (Wildman–Crippen MR) is 69.1 cm³/mol. The molecule has 0 saturated carbocycles. The Labute approximate surface area is 105 Å². The topological polar surface area (TPSA) is 63.3 Å². The Morgan fingerprint density at radius 3 is 2.17 bits per heavy atom. The zero-order valence-corrected chi connectivity index (χ0v) is 9.71. The molecule has 2 unspecified atom stereocenters. The Kier molecular flexibility index (Phi) is 2.51. The Bertz CT molecular complexity index is 621. The number of Topliss-reactive ketones (excluding diaryl/α,β-unsaturated/α-hetero) is 1. The van der Waals surface area contributed by atoms with E-state index < -0.39 is 12.1 Å². The van der Waals surface area contributed by atoms with Crippen molar-refractivity contribution < 1.29 is 9.90 Å². The van der Waals surface area contributed by atoms with Gasteiger partial charge in [-0.1, -0.05) is 48.5 Å². The molecule has 0 radical (unpaired) electrons. The summed E-state index contributed by atoms with van der Waals surface area (Å²) in [6, 6.07) is 13.9. The Balaban J connectivity index is 2.36. The summed E-state index contributed by atoms with van der Waals surface area (Å²) in [7, 11) is 0. The van der Waals surface area contributed by atoms with Gasteiger partial charge in [0.05, 0.1) is 6.04 Å². The van der Waals surface area contributed by atoms with Crippen LogP contribution < -0.4 is 5.73 Å². The number of carbonyl (C=O) groups is 1. The first-order valence-corrected chi connectivity index (χ1v) is 5.86. The summed E-state index contributed by atoms with van der Waals surface area (Å²) in [6.45, 7) is 0. The number of aliphatic hydroxyl groups excluding tert-OH is 1. The minimum atomic E-state index is -0.957. The fourth-order valence-electron chi connectivity index (χ4n) is 2.45. The smallest absolute Gasteiger partial charge is 0.183 e. The highest BCUT2D eigenvalue weighted by Crippen LogP contribution is 2.36. The fourth-order valence-corrected chi connectivity index (χ4v) is 2.45. The second-order valence-corrected chi connectivity index (χ2v) is 4.47. The van der Waals surface area contributed by atoms with Crippen LogP contribution in [-0.2, 0) is 0 Å². The lowest BCUT2D eigenvalue weighted by Gasteiger charge is -2.16. The Hall–Kier alpha value is -1.97. The highest BCUT2D eigenvalue weighted by molar-refractivity contribution is 6.07. The number of fused-ring (bicyclic) bond motifs is 3. The van der Waals surface area contributed by atoms with Crippen LogP contribution in [0.1, 0.15) is 22.0 Å². The number of nitrogens with two attached hydrogens (primary N) is 1. The van der Waals surface area contributed by atoms with E-state index in [9.17, 15) is 9.90 Å². The molecule has 0 bridgehead atoms. The lowest BCUT2D eigenvalue weighted by atomic mass is 9.96. The van der Waals surface area contributed by atoms with E-state index in [1.54, 1.807) is 6.07 Å². The van der Waals surface area contributed by atoms with Crippen LogP contribution in [0.15, 0.2) is 48.5 Å². The number of carbonyl (C=O) groups excluding carboxylic acids is 1. The van der Waals surface area contributed by atoms with Crippen LogP contribution in [0.4, 0.5) is 0 Å². The molecular formula is C15H13NO2. The molecule has 0 aromatic heterocycles. The molecule has 1 aliphatic carbocycles. The van der Waals surface area contributed by atoms with Gasteiger partial charge in [-0.25, -0.2) is 0 Å². The molecule has 3 heteroatoms. The molecule has 3 rings (SSSR count). The lowest BCUT2D eigenvalue weighted by Crippen LogP contribution is -2.35. The van der Waals surface area contributed by atoms with Crippen LogP contribution in [0.5, 0.6) is 0 Å². The molecule has 0 spiro atoms. The van der Waals surface area contributed by atoms with Crippen molar-refractivity contribution in [2.45, 2.75) is 12.1 Å². The van der Waals surface area contributed by atoms with Gasteiger partial charge in [-0.2, -0.15) is 0 Å². The van der Waals surface area contributed by atoms with Gasteiger partial charge < -0.3 is 10.8 Å². The van der Waals surface area contributed by atoms with Crippen molar-refractivity contribution >= 4 is 5.78 Å². The summed E-state index contributed by atoms with van der Waals surface area (Å²) >= 11 is 0. The van der Waals surface area contributed by atoms with E-state index in [0.29, 0.717) is 11.1 Å². The molecule has 0 heterocycles. The first-order valence-electron chi connectivity index (χ1n) is 5.86. The standard InChI is InChI=1S/C15H13NO2/c16-13-14(17)11-7-3-1-5-9(11)10-6-2-4-8-12(10)15(13)18/h1-8,13-14,17H,16H2. The normalized spacial score (nSPS) is 22.0. The number of aliphatic hydroxyl groups is 1. The molecule has 1 aliphatic rings. The minimum Gasteiger partial charge on any atom is -0.386 e. The van der Waals surface area contributed by atoms with Crippen molar-refractivity contribution in [3.05, 3.63) is 59.7 Å². The number of hydrogen-bond acceptors (Lipinski definition) is 3. The van der Waals surface area contributed by atoms with Crippen LogP contribution in [0.3, 0.4) is 0 Å². The second-order valence-electron chi connectivity index (χ2n) is 4.47. The maximum absolute atomic E-state index is 12.2. The quantitative estimate of drug-likeness (QED) is 0.738. The van der Waals surface area contributed by atoms with E-state index in [-0.39, 0.29) is 5.78 Å². The van der Waals surface area contributed by atoms with E-state index in [1.807, 2.05) is 42.5 Å². The van der Waals surface area contributed by atoms with Gasteiger partial charge in [0.15, 0.2) is 5.78 Å². The van der Waals surface area contributed by atoms with Gasteiger partial charge in [-0.05, 0) is 16.7 Å². The third-order valence-electron chi connectivity index (χ3n) is 3.41. The van der Waals surface area contributed by atoms with Crippen molar-refractivity contribution in [1.82, 2.24) is 0 Å². The summed E-state index contributed by atoms with van der Waals surface area (Å²) in [6.07, 6.45) is -0.957. The average Bonchev–Trinajstić information content (AvgIpc) is 2.51. The summed E-state index contributed by atoms with van der Waals surface area (Å²) in [5.41, 5.74) is 8.86. The molecule has 2 aromatic carbocycles. The first-order chi connectivity index (χ1) is 8.70. The molecule has 3 nitrogen and oxygen atoms in total. The van der Waals surface area contributed by atoms with Gasteiger partial charge in [0.1, 0.15) is 6.10 Å². The van der Waals surface area contributed by atoms with E-state index >= 15 is 0 Å². The zero-order chi connectivity index (χ0) is 12.7. The van der Waals surface area contributed by atoms with E-state index in [0.717, 1.165) is 11.1 Å². The van der Waals surface area contributed by atoms with E-state index in [2.05, 4.69) is 0 Å². The van der Waals surface area contributed by atoms with E-state index in [1.165, 1.54) is 0 Å². The molecule has 0 amide bonds. The molecule has 3 N–H and O–H groups in total. The second kappa shape index (κ2) is 4.05. The monoisotopic (exact) mass is 239 g/mol. The molecule has 0 aliphatic heterocycles.